The molecular formula is C14H10BrFN2S. The molecule has 0 atom stereocenters. The van der Waals surface area contributed by atoms with Gasteiger partial charge in [-0.1, -0.05) is 22.0 Å². The Hall–Kier alpha value is -1.46. The number of aryl methyl sites for hydroxylation is 1. The van der Waals surface area contributed by atoms with Crippen LogP contribution < -0.4 is 0 Å². The molecule has 0 amide bonds. The van der Waals surface area contributed by atoms with Crippen molar-refractivity contribution < 1.29 is 4.39 Å². The summed E-state index contributed by atoms with van der Waals surface area (Å²) >= 11 is 8.78. The third-order valence-electron chi connectivity index (χ3n) is 3.06. The van der Waals surface area contributed by atoms with Gasteiger partial charge >= 0.3 is 0 Å². The molecule has 96 valence electrons. The van der Waals surface area contributed by atoms with E-state index in [-0.39, 0.29) is 5.82 Å². The molecule has 0 saturated carbocycles. The van der Waals surface area contributed by atoms with E-state index in [9.17, 15) is 4.39 Å². The zero-order valence-corrected chi connectivity index (χ0v) is 12.5. The Morgan fingerprint density at radius 1 is 1.21 bits per heavy atom. The molecule has 1 heterocycles. The van der Waals surface area contributed by atoms with Gasteiger partial charge in [-0.05, 0) is 55.0 Å². The molecule has 0 saturated heterocycles. The molecule has 0 aliphatic rings. The minimum Gasteiger partial charge on any atom is -0.330 e. The maximum absolute atomic E-state index is 13.5. The molecule has 0 aliphatic heterocycles. The Kier molecular flexibility index (Phi) is 3.03. The van der Waals surface area contributed by atoms with Gasteiger partial charge in [0.05, 0.1) is 16.7 Å². The summed E-state index contributed by atoms with van der Waals surface area (Å²) in [6, 6.07) is 10.6. The Morgan fingerprint density at radius 2 is 2.00 bits per heavy atom. The van der Waals surface area contributed by atoms with E-state index in [0.29, 0.717) is 4.77 Å². The highest BCUT2D eigenvalue weighted by molar-refractivity contribution is 9.10. The fourth-order valence-corrected chi connectivity index (χ4v) is 2.81. The summed E-state index contributed by atoms with van der Waals surface area (Å²) in [6.45, 7) is 1.94. The lowest BCUT2D eigenvalue weighted by Crippen LogP contribution is -1.97. The highest BCUT2D eigenvalue weighted by Crippen LogP contribution is 2.25. The maximum Gasteiger partial charge on any atom is 0.182 e. The molecule has 3 aromatic rings. The lowest BCUT2D eigenvalue weighted by Gasteiger charge is -2.08. The molecule has 19 heavy (non-hydrogen) atoms. The molecule has 0 radical (unpaired) electrons. The van der Waals surface area contributed by atoms with Gasteiger partial charge in [0, 0.05) is 4.47 Å². The Morgan fingerprint density at radius 3 is 2.79 bits per heavy atom. The van der Waals surface area contributed by atoms with Crippen molar-refractivity contribution in [2.45, 2.75) is 6.92 Å². The lowest BCUT2D eigenvalue weighted by atomic mass is 10.2. The summed E-state index contributed by atoms with van der Waals surface area (Å²) in [4.78, 5) is 3.14. The molecule has 0 bridgehead atoms. The van der Waals surface area contributed by atoms with Gasteiger partial charge in [-0.25, -0.2) is 4.39 Å². The first-order chi connectivity index (χ1) is 9.06. The van der Waals surface area contributed by atoms with Crippen LogP contribution in [0.1, 0.15) is 5.56 Å². The van der Waals surface area contributed by atoms with Crippen LogP contribution in [0.25, 0.3) is 16.7 Å². The van der Waals surface area contributed by atoms with Crippen molar-refractivity contribution in [2.24, 2.45) is 0 Å². The Labute approximate surface area is 123 Å². The van der Waals surface area contributed by atoms with Crippen molar-refractivity contribution >= 4 is 39.2 Å². The van der Waals surface area contributed by atoms with Crippen molar-refractivity contribution in [1.82, 2.24) is 9.55 Å². The van der Waals surface area contributed by atoms with Crippen LogP contribution in [0.5, 0.6) is 0 Å². The third-order valence-corrected chi connectivity index (χ3v) is 3.83. The number of hydrogen-bond acceptors (Lipinski definition) is 1. The van der Waals surface area contributed by atoms with E-state index in [1.54, 1.807) is 6.07 Å². The molecule has 3 rings (SSSR count). The first kappa shape index (κ1) is 12.6. The van der Waals surface area contributed by atoms with Gasteiger partial charge in [0.15, 0.2) is 4.77 Å². The van der Waals surface area contributed by atoms with Gasteiger partial charge in [-0.2, -0.15) is 0 Å². The molecule has 0 aliphatic carbocycles. The number of nitrogens with one attached hydrogen (secondary N) is 1. The number of benzene rings is 2. The fraction of sp³-hybridized carbons (Fsp3) is 0.0714. The minimum atomic E-state index is -0.269. The number of nitrogens with zero attached hydrogens (tertiary/aromatic N) is 1. The van der Waals surface area contributed by atoms with E-state index in [1.807, 2.05) is 29.7 Å². The van der Waals surface area contributed by atoms with Crippen LogP contribution >= 0.6 is 28.1 Å². The molecule has 0 spiro atoms. The van der Waals surface area contributed by atoms with Crippen LogP contribution in [0, 0.1) is 17.5 Å². The number of aromatic nitrogens is 2. The van der Waals surface area contributed by atoms with Crippen LogP contribution in [-0.2, 0) is 0 Å². The summed E-state index contributed by atoms with van der Waals surface area (Å²) in [6.07, 6.45) is 0. The second kappa shape index (κ2) is 4.58. The first-order valence-electron chi connectivity index (χ1n) is 5.73. The van der Waals surface area contributed by atoms with Gasteiger partial charge in [-0.15, -0.1) is 0 Å². The maximum atomic E-state index is 13.5. The van der Waals surface area contributed by atoms with Crippen molar-refractivity contribution in [2.75, 3.05) is 0 Å². The van der Waals surface area contributed by atoms with E-state index < -0.39 is 0 Å². The molecule has 0 unspecified atom stereocenters. The van der Waals surface area contributed by atoms with Crippen LogP contribution in [-0.4, -0.2) is 9.55 Å². The van der Waals surface area contributed by atoms with Crippen LogP contribution in [0.3, 0.4) is 0 Å². The summed E-state index contributed by atoms with van der Waals surface area (Å²) in [5.41, 5.74) is 3.59. The van der Waals surface area contributed by atoms with Crippen LogP contribution in [0.2, 0.25) is 0 Å². The van der Waals surface area contributed by atoms with Gasteiger partial charge < -0.3 is 4.98 Å². The third kappa shape index (κ3) is 2.13. The van der Waals surface area contributed by atoms with Crippen molar-refractivity contribution in [3.63, 3.8) is 0 Å². The summed E-state index contributed by atoms with van der Waals surface area (Å²) in [7, 11) is 0. The van der Waals surface area contributed by atoms with Crippen molar-refractivity contribution in [3.8, 4) is 5.69 Å². The van der Waals surface area contributed by atoms with Gasteiger partial charge in [0.25, 0.3) is 0 Å². The van der Waals surface area contributed by atoms with E-state index >= 15 is 0 Å². The van der Waals surface area contributed by atoms with Gasteiger partial charge in [-0.3, -0.25) is 4.57 Å². The fourth-order valence-electron chi connectivity index (χ4n) is 2.15. The van der Waals surface area contributed by atoms with Gasteiger partial charge in [0.2, 0.25) is 0 Å². The molecule has 1 aromatic heterocycles. The second-order valence-electron chi connectivity index (χ2n) is 4.36. The predicted molar refractivity (Wildman–Crippen MR) is 80.9 cm³/mol. The zero-order chi connectivity index (χ0) is 13.6. The van der Waals surface area contributed by atoms with Crippen LogP contribution in [0.4, 0.5) is 4.39 Å². The molecule has 2 nitrogen and oxygen atoms in total. The topological polar surface area (TPSA) is 20.7 Å². The predicted octanol–water partition coefficient (Wildman–Crippen LogP) is 4.90. The van der Waals surface area contributed by atoms with E-state index in [1.165, 1.54) is 12.1 Å². The van der Waals surface area contributed by atoms with Gasteiger partial charge in [0.1, 0.15) is 5.82 Å². The number of fused-ring (bicyclic) bond motifs is 1. The standard InChI is InChI=1S/C14H10BrFN2S/c1-8-2-4-10(16)7-13(8)18-12-5-3-9(15)6-11(12)17-14(18)19/h2-7H,1H3,(H,17,19). The van der Waals surface area contributed by atoms with E-state index in [0.717, 1.165) is 26.8 Å². The summed E-state index contributed by atoms with van der Waals surface area (Å²) < 4.78 is 16.9. The SMILES string of the molecule is Cc1ccc(F)cc1-n1c(=S)[nH]c2cc(Br)ccc21. The normalized spacial score (nSPS) is 11.1. The van der Waals surface area contributed by atoms with E-state index in [4.69, 9.17) is 12.2 Å². The smallest absolute Gasteiger partial charge is 0.182 e. The molecule has 2 aromatic carbocycles. The number of hydrogen-bond donors (Lipinski definition) is 1. The first-order valence-corrected chi connectivity index (χ1v) is 6.93. The largest absolute Gasteiger partial charge is 0.330 e. The monoisotopic (exact) mass is 336 g/mol. The molecule has 1 N–H and O–H groups in total. The highest BCUT2D eigenvalue weighted by atomic mass is 79.9. The summed E-state index contributed by atoms with van der Waals surface area (Å²) in [5.74, 6) is -0.269. The zero-order valence-electron chi connectivity index (χ0n) is 10.1. The Balaban J connectivity index is 2.39. The number of aromatic amines is 1. The number of halogens is 2. The quantitative estimate of drug-likeness (QED) is 0.627. The number of H-pyrrole nitrogens is 1. The lowest BCUT2D eigenvalue weighted by molar-refractivity contribution is 0.626. The highest BCUT2D eigenvalue weighted by Gasteiger charge is 2.09. The second-order valence-corrected chi connectivity index (χ2v) is 5.66. The molecule has 0 fully saturated rings. The average Bonchev–Trinajstić information content (AvgIpc) is 2.67. The van der Waals surface area contributed by atoms with Crippen molar-refractivity contribution in [3.05, 3.63) is 57.0 Å². The molecular weight excluding hydrogens is 327 g/mol. The number of rotatable bonds is 1. The minimum absolute atomic E-state index is 0.269. The van der Waals surface area contributed by atoms with Crippen molar-refractivity contribution in [1.29, 1.82) is 0 Å². The summed E-state index contributed by atoms with van der Waals surface area (Å²) in [5, 5.41) is 0. The average molecular weight is 337 g/mol. The molecule has 5 heteroatoms. The van der Waals surface area contributed by atoms with E-state index in [2.05, 4.69) is 20.9 Å². The number of imidazole rings is 1. The Bertz CT molecular complexity index is 835. The van der Waals surface area contributed by atoms with Crippen LogP contribution in [0.15, 0.2) is 40.9 Å².